The normalized spacial score (nSPS) is 11.9. The molecule has 1 aromatic rings. The van der Waals surface area contributed by atoms with Crippen molar-refractivity contribution in [2.45, 2.75) is 12.5 Å². The number of hydrogen-bond acceptors (Lipinski definition) is 5. The van der Waals surface area contributed by atoms with E-state index in [0.717, 1.165) is 18.2 Å². The molecule has 0 aromatic heterocycles. The number of halogens is 1. The maximum Gasteiger partial charge on any atom is 0.307 e. The van der Waals surface area contributed by atoms with E-state index in [1.807, 2.05) is 0 Å². The zero-order valence-corrected chi connectivity index (χ0v) is 9.05. The summed E-state index contributed by atoms with van der Waals surface area (Å²) in [6.07, 6.45) is -0.249. The van der Waals surface area contributed by atoms with Gasteiger partial charge in [0.1, 0.15) is 5.82 Å². The summed E-state index contributed by atoms with van der Waals surface area (Å²) in [6.45, 7) is 0. The number of rotatable bonds is 4. The molecule has 6 nitrogen and oxygen atoms in total. The van der Waals surface area contributed by atoms with Crippen molar-refractivity contribution in [2.75, 3.05) is 7.11 Å². The third-order valence-corrected chi connectivity index (χ3v) is 2.20. The molecule has 0 unspecified atom stereocenters. The Hall–Kier alpha value is -2.02. The van der Waals surface area contributed by atoms with Crippen molar-refractivity contribution in [3.05, 3.63) is 39.7 Å². The fraction of sp³-hybridized carbons (Fsp3) is 0.300. The van der Waals surface area contributed by atoms with Gasteiger partial charge in [-0.05, 0) is 12.1 Å². The Morgan fingerprint density at radius 3 is 2.82 bits per heavy atom. The van der Waals surface area contributed by atoms with Gasteiger partial charge in [-0.2, -0.15) is 0 Å². The predicted molar refractivity (Wildman–Crippen MR) is 56.6 cm³/mol. The first-order chi connectivity index (χ1) is 7.95. The maximum absolute atomic E-state index is 13.0. The minimum Gasteiger partial charge on any atom is -0.469 e. The molecule has 0 spiro atoms. The van der Waals surface area contributed by atoms with E-state index in [-0.39, 0.29) is 17.7 Å². The second kappa shape index (κ2) is 5.35. The zero-order valence-electron chi connectivity index (χ0n) is 9.05. The molecule has 1 atom stereocenters. The summed E-state index contributed by atoms with van der Waals surface area (Å²) in [6, 6.07) is 1.96. The van der Waals surface area contributed by atoms with E-state index < -0.39 is 22.8 Å². The van der Waals surface area contributed by atoms with Gasteiger partial charge in [-0.1, -0.05) is 0 Å². The molecule has 0 heterocycles. The van der Waals surface area contributed by atoms with Gasteiger partial charge in [0.25, 0.3) is 5.69 Å². The molecule has 2 N–H and O–H groups in total. The van der Waals surface area contributed by atoms with Gasteiger partial charge in [-0.15, -0.1) is 0 Å². The lowest BCUT2D eigenvalue weighted by atomic mass is 10.0. The van der Waals surface area contributed by atoms with E-state index in [1.54, 1.807) is 0 Å². The number of benzene rings is 1. The van der Waals surface area contributed by atoms with Gasteiger partial charge in [0.05, 0.1) is 18.5 Å². The van der Waals surface area contributed by atoms with Crippen LogP contribution in [-0.2, 0) is 9.53 Å². The number of nitrogens with two attached hydrogens (primary N) is 1. The highest BCUT2D eigenvalue weighted by Gasteiger charge is 2.22. The molecule has 0 bridgehead atoms. The molecule has 0 saturated heterocycles. The number of nitro groups is 1. The summed E-state index contributed by atoms with van der Waals surface area (Å²) in [5, 5.41) is 10.7. The molecule has 1 rings (SSSR count). The van der Waals surface area contributed by atoms with Gasteiger partial charge in [0.15, 0.2) is 0 Å². The molecular formula is C10H11FN2O4. The lowest BCUT2D eigenvalue weighted by Gasteiger charge is -2.10. The molecule has 0 amide bonds. The van der Waals surface area contributed by atoms with Gasteiger partial charge >= 0.3 is 5.97 Å². The molecule has 0 aliphatic heterocycles. The van der Waals surface area contributed by atoms with Crippen molar-refractivity contribution in [1.29, 1.82) is 0 Å². The van der Waals surface area contributed by atoms with Crippen LogP contribution in [0.5, 0.6) is 0 Å². The van der Waals surface area contributed by atoms with E-state index in [2.05, 4.69) is 4.74 Å². The summed E-state index contributed by atoms with van der Waals surface area (Å²) in [7, 11) is 1.18. The SMILES string of the molecule is COC(=O)C[C@@H](N)c1cc(F)ccc1[N+](=O)[O-]. The first-order valence-corrected chi connectivity index (χ1v) is 4.72. The lowest BCUT2D eigenvalue weighted by molar-refractivity contribution is -0.385. The number of nitro benzene ring substituents is 1. The smallest absolute Gasteiger partial charge is 0.307 e. The summed E-state index contributed by atoms with van der Waals surface area (Å²) in [5.41, 5.74) is 5.26. The van der Waals surface area contributed by atoms with Crippen LogP contribution in [0.4, 0.5) is 10.1 Å². The standard InChI is InChI=1S/C10H11FN2O4/c1-17-10(14)5-8(12)7-4-6(11)2-3-9(7)13(15)16/h2-4,8H,5,12H2,1H3/t8-/m1/s1. The minimum atomic E-state index is -0.974. The number of nitrogens with zero attached hydrogens (tertiary/aromatic N) is 1. The van der Waals surface area contributed by atoms with Crippen LogP contribution in [0.3, 0.4) is 0 Å². The average Bonchev–Trinajstić information content (AvgIpc) is 2.28. The van der Waals surface area contributed by atoms with Crippen molar-refractivity contribution < 1.29 is 18.8 Å². The van der Waals surface area contributed by atoms with Crippen LogP contribution in [-0.4, -0.2) is 18.0 Å². The molecule has 0 radical (unpaired) electrons. The van der Waals surface area contributed by atoms with E-state index in [1.165, 1.54) is 7.11 Å². The summed E-state index contributed by atoms with van der Waals surface area (Å²) >= 11 is 0. The summed E-state index contributed by atoms with van der Waals surface area (Å²) < 4.78 is 17.4. The quantitative estimate of drug-likeness (QED) is 0.487. The first kappa shape index (κ1) is 13.0. The van der Waals surface area contributed by atoms with E-state index in [4.69, 9.17) is 5.73 Å². The highest BCUT2D eigenvalue weighted by molar-refractivity contribution is 5.70. The van der Waals surface area contributed by atoms with Crippen molar-refractivity contribution in [2.24, 2.45) is 5.73 Å². The largest absolute Gasteiger partial charge is 0.469 e. The number of esters is 1. The van der Waals surface area contributed by atoms with Crippen molar-refractivity contribution in [3.63, 3.8) is 0 Å². The van der Waals surface area contributed by atoms with E-state index >= 15 is 0 Å². The van der Waals surface area contributed by atoms with Crippen LogP contribution in [0.1, 0.15) is 18.0 Å². The van der Waals surface area contributed by atoms with Crippen LogP contribution in [0.25, 0.3) is 0 Å². The van der Waals surface area contributed by atoms with Gasteiger partial charge < -0.3 is 10.5 Å². The lowest BCUT2D eigenvalue weighted by Crippen LogP contribution is -2.17. The number of carbonyl (C=O) groups excluding carboxylic acids is 1. The predicted octanol–water partition coefficient (Wildman–Crippen LogP) is 1.30. The van der Waals surface area contributed by atoms with E-state index in [9.17, 15) is 19.3 Å². The number of methoxy groups -OCH3 is 1. The van der Waals surface area contributed by atoms with Crippen LogP contribution >= 0.6 is 0 Å². The fourth-order valence-electron chi connectivity index (χ4n) is 1.36. The molecule has 0 saturated carbocycles. The van der Waals surface area contributed by atoms with Gasteiger partial charge in [0, 0.05) is 17.7 Å². The molecule has 0 fully saturated rings. The van der Waals surface area contributed by atoms with Crippen LogP contribution in [0.15, 0.2) is 18.2 Å². The maximum atomic E-state index is 13.0. The first-order valence-electron chi connectivity index (χ1n) is 4.72. The topological polar surface area (TPSA) is 95.5 Å². The van der Waals surface area contributed by atoms with Gasteiger partial charge in [-0.25, -0.2) is 4.39 Å². The Labute approximate surface area is 96.3 Å². The molecular weight excluding hydrogens is 231 g/mol. The Morgan fingerprint density at radius 1 is 1.65 bits per heavy atom. The summed E-state index contributed by atoms with van der Waals surface area (Å²) in [4.78, 5) is 21.0. The molecule has 7 heteroatoms. The third kappa shape index (κ3) is 3.22. The molecule has 0 aliphatic carbocycles. The molecule has 1 aromatic carbocycles. The number of carbonyl (C=O) groups is 1. The monoisotopic (exact) mass is 242 g/mol. The Morgan fingerprint density at radius 2 is 2.29 bits per heavy atom. The minimum absolute atomic E-state index is 0.0274. The molecule has 17 heavy (non-hydrogen) atoms. The second-order valence-corrected chi connectivity index (χ2v) is 3.35. The fourth-order valence-corrected chi connectivity index (χ4v) is 1.36. The molecule has 92 valence electrons. The number of hydrogen-bond donors (Lipinski definition) is 1. The third-order valence-electron chi connectivity index (χ3n) is 2.20. The van der Waals surface area contributed by atoms with Crippen molar-refractivity contribution >= 4 is 11.7 Å². The number of ether oxygens (including phenoxy) is 1. The highest BCUT2D eigenvalue weighted by atomic mass is 19.1. The highest BCUT2D eigenvalue weighted by Crippen LogP contribution is 2.26. The van der Waals surface area contributed by atoms with Crippen LogP contribution < -0.4 is 5.73 Å². The van der Waals surface area contributed by atoms with E-state index in [0.29, 0.717) is 0 Å². The average molecular weight is 242 g/mol. The Balaban J connectivity index is 3.06. The van der Waals surface area contributed by atoms with Crippen LogP contribution in [0, 0.1) is 15.9 Å². The van der Waals surface area contributed by atoms with Crippen molar-refractivity contribution in [3.8, 4) is 0 Å². The Kier molecular flexibility index (Phi) is 4.11. The summed E-state index contributed by atoms with van der Waals surface area (Å²) in [5.74, 6) is -1.26. The second-order valence-electron chi connectivity index (χ2n) is 3.35. The Bertz CT molecular complexity index is 450. The van der Waals surface area contributed by atoms with Gasteiger partial charge in [0.2, 0.25) is 0 Å². The van der Waals surface area contributed by atoms with Crippen LogP contribution in [0.2, 0.25) is 0 Å². The molecule has 0 aliphatic rings. The van der Waals surface area contributed by atoms with Crippen molar-refractivity contribution in [1.82, 2.24) is 0 Å². The zero-order chi connectivity index (χ0) is 13.0. The van der Waals surface area contributed by atoms with Gasteiger partial charge in [-0.3, -0.25) is 14.9 Å².